The highest BCUT2D eigenvalue weighted by atomic mass is 16.5. The second kappa shape index (κ2) is 5.33. The number of fused-ring (bicyclic) bond motifs is 1. The van der Waals surface area contributed by atoms with E-state index in [1.807, 2.05) is 24.3 Å². The minimum absolute atomic E-state index is 0.00861. The number of benzene rings is 1. The summed E-state index contributed by atoms with van der Waals surface area (Å²) >= 11 is 0. The second-order valence-electron chi connectivity index (χ2n) is 5.34. The first-order valence-electron chi connectivity index (χ1n) is 7.18. The van der Waals surface area contributed by atoms with Gasteiger partial charge in [0, 0.05) is 24.0 Å². The summed E-state index contributed by atoms with van der Waals surface area (Å²) in [6.45, 7) is 3.45. The number of ether oxygens (including phenoxy) is 2. The van der Waals surface area contributed by atoms with Crippen molar-refractivity contribution in [2.24, 2.45) is 5.92 Å². The molecule has 2 heterocycles. The first-order valence-corrected chi connectivity index (χ1v) is 7.18. The van der Waals surface area contributed by atoms with Gasteiger partial charge >= 0.3 is 0 Å². The van der Waals surface area contributed by atoms with Crippen molar-refractivity contribution in [2.75, 3.05) is 13.2 Å². The molecule has 3 atom stereocenters. The van der Waals surface area contributed by atoms with E-state index >= 15 is 0 Å². The van der Waals surface area contributed by atoms with Crippen molar-refractivity contribution in [3.05, 3.63) is 29.8 Å². The van der Waals surface area contributed by atoms with Gasteiger partial charge in [0.1, 0.15) is 11.5 Å². The Morgan fingerprint density at radius 2 is 2.11 bits per heavy atom. The van der Waals surface area contributed by atoms with Crippen LogP contribution in [0.1, 0.15) is 37.7 Å². The Bertz CT molecular complexity index is 469. The molecular formula is C16H20O3. The number of rotatable bonds is 3. The van der Waals surface area contributed by atoms with E-state index in [-0.39, 0.29) is 17.9 Å². The Morgan fingerprint density at radius 3 is 2.95 bits per heavy atom. The van der Waals surface area contributed by atoms with Crippen LogP contribution in [-0.2, 0) is 9.53 Å². The van der Waals surface area contributed by atoms with E-state index in [0.29, 0.717) is 12.4 Å². The molecule has 3 unspecified atom stereocenters. The molecule has 1 aromatic rings. The zero-order chi connectivity index (χ0) is 13.2. The van der Waals surface area contributed by atoms with Crippen molar-refractivity contribution in [2.45, 2.75) is 38.2 Å². The number of ketones is 1. The van der Waals surface area contributed by atoms with Crippen LogP contribution in [0.2, 0.25) is 0 Å². The molecule has 3 nitrogen and oxygen atoms in total. The SMILES string of the molecule is CCC1OCCC1C(=O)C1CCOc2ccccc21. The third kappa shape index (κ3) is 2.27. The first kappa shape index (κ1) is 12.7. The second-order valence-corrected chi connectivity index (χ2v) is 5.34. The maximum absolute atomic E-state index is 12.8. The van der Waals surface area contributed by atoms with Gasteiger partial charge in [-0.25, -0.2) is 0 Å². The number of carbonyl (C=O) groups is 1. The number of hydrogen-bond donors (Lipinski definition) is 0. The normalized spacial score (nSPS) is 29.6. The van der Waals surface area contributed by atoms with Gasteiger partial charge < -0.3 is 9.47 Å². The first-order chi connectivity index (χ1) is 9.31. The molecule has 1 fully saturated rings. The van der Waals surface area contributed by atoms with E-state index < -0.39 is 0 Å². The van der Waals surface area contributed by atoms with Crippen LogP contribution in [0.3, 0.4) is 0 Å². The van der Waals surface area contributed by atoms with Crippen LogP contribution in [-0.4, -0.2) is 25.1 Å². The average molecular weight is 260 g/mol. The number of Topliss-reactive ketones (excluding diaryl/α,β-unsaturated/α-hetero) is 1. The van der Waals surface area contributed by atoms with Crippen molar-refractivity contribution < 1.29 is 14.3 Å². The summed E-state index contributed by atoms with van der Waals surface area (Å²) in [6, 6.07) is 7.92. The fraction of sp³-hybridized carbons (Fsp3) is 0.562. The molecule has 19 heavy (non-hydrogen) atoms. The lowest BCUT2D eigenvalue weighted by atomic mass is 9.81. The molecule has 0 amide bonds. The summed E-state index contributed by atoms with van der Waals surface area (Å²) in [7, 11) is 0. The van der Waals surface area contributed by atoms with E-state index in [0.717, 1.165) is 37.2 Å². The summed E-state index contributed by atoms with van der Waals surface area (Å²) < 4.78 is 11.3. The van der Waals surface area contributed by atoms with E-state index in [4.69, 9.17) is 9.47 Å². The molecule has 0 bridgehead atoms. The average Bonchev–Trinajstić information content (AvgIpc) is 2.94. The quantitative estimate of drug-likeness (QED) is 0.838. The molecule has 2 aliphatic heterocycles. The minimum atomic E-state index is -0.00861. The number of para-hydroxylation sites is 1. The van der Waals surface area contributed by atoms with Gasteiger partial charge in [-0.3, -0.25) is 4.79 Å². The van der Waals surface area contributed by atoms with Crippen molar-refractivity contribution in [3.63, 3.8) is 0 Å². The van der Waals surface area contributed by atoms with Crippen LogP contribution in [0.15, 0.2) is 24.3 Å². The molecule has 0 saturated carbocycles. The molecule has 0 spiro atoms. The van der Waals surface area contributed by atoms with Crippen LogP contribution in [0.5, 0.6) is 5.75 Å². The summed E-state index contributed by atoms with van der Waals surface area (Å²) in [5.41, 5.74) is 1.06. The van der Waals surface area contributed by atoms with Gasteiger partial charge in [0.05, 0.1) is 12.7 Å². The van der Waals surface area contributed by atoms with E-state index in [1.54, 1.807) is 0 Å². The van der Waals surface area contributed by atoms with Gasteiger partial charge in [0.2, 0.25) is 0 Å². The third-order valence-corrected chi connectivity index (χ3v) is 4.28. The Kier molecular flexibility index (Phi) is 3.56. The lowest BCUT2D eigenvalue weighted by Crippen LogP contribution is -2.31. The summed E-state index contributed by atoms with van der Waals surface area (Å²) in [5, 5.41) is 0. The smallest absolute Gasteiger partial charge is 0.146 e. The molecule has 1 aromatic carbocycles. The fourth-order valence-corrected chi connectivity index (χ4v) is 3.27. The van der Waals surface area contributed by atoms with Gasteiger partial charge in [0.15, 0.2) is 0 Å². The maximum atomic E-state index is 12.8. The summed E-state index contributed by atoms with van der Waals surface area (Å²) in [4.78, 5) is 12.8. The third-order valence-electron chi connectivity index (χ3n) is 4.28. The number of hydrogen-bond acceptors (Lipinski definition) is 3. The molecular weight excluding hydrogens is 240 g/mol. The Morgan fingerprint density at radius 1 is 1.26 bits per heavy atom. The highest BCUT2D eigenvalue weighted by Crippen LogP contribution is 2.38. The summed E-state index contributed by atoms with van der Waals surface area (Å²) in [5.74, 6) is 1.28. The van der Waals surface area contributed by atoms with Gasteiger partial charge in [-0.15, -0.1) is 0 Å². The fourth-order valence-electron chi connectivity index (χ4n) is 3.27. The van der Waals surface area contributed by atoms with E-state index in [1.165, 1.54) is 0 Å². The van der Waals surface area contributed by atoms with Crippen LogP contribution >= 0.6 is 0 Å². The molecule has 102 valence electrons. The van der Waals surface area contributed by atoms with Gasteiger partial charge in [-0.2, -0.15) is 0 Å². The van der Waals surface area contributed by atoms with Gasteiger partial charge in [-0.1, -0.05) is 25.1 Å². The van der Waals surface area contributed by atoms with Crippen molar-refractivity contribution in [1.29, 1.82) is 0 Å². The Balaban J connectivity index is 1.85. The Labute approximate surface area is 113 Å². The van der Waals surface area contributed by atoms with E-state index in [9.17, 15) is 4.79 Å². The lowest BCUT2D eigenvalue weighted by Gasteiger charge is -2.28. The van der Waals surface area contributed by atoms with Crippen molar-refractivity contribution in [3.8, 4) is 5.75 Å². The van der Waals surface area contributed by atoms with Gasteiger partial charge in [0.25, 0.3) is 0 Å². The molecule has 3 rings (SSSR count). The minimum Gasteiger partial charge on any atom is -0.493 e. The van der Waals surface area contributed by atoms with Crippen LogP contribution < -0.4 is 4.74 Å². The van der Waals surface area contributed by atoms with Crippen LogP contribution in [0.25, 0.3) is 0 Å². The molecule has 3 heteroatoms. The predicted molar refractivity (Wildman–Crippen MR) is 72.4 cm³/mol. The lowest BCUT2D eigenvalue weighted by molar-refractivity contribution is -0.126. The molecule has 0 aliphatic carbocycles. The molecule has 0 N–H and O–H groups in total. The highest BCUT2D eigenvalue weighted by Gasteiger charge is 2.38. The van der Waals surface area contributed by atoms with E-state index in [2.05, 4.69) is 6.92 Å². The van der Waals surface area contributed by atoms with Crippen molar-refractivity contribution in [1.82, 2.24) is 0 Å². The zero-order valence-corrected chi connectivity index (χ0v) is 11.3. The summed E-state index contributed by atoms with van der Waals surface area (Å²) in [6.07, 6.45) is 2.70. The molecule has 0 aromatic heterocycles. The molecule has 0 radical (unpaired) electrons. The standard InChI is InChI=1S/C16H20O3/c1-2-14-13(8-10-18-14)16(17)12-7-9-19-15-6-4-3-5-11(12)15/h3-6,12-14H,2,7-10H2,1H3. The van der Waals surface area contributed by atoms with Gasteiger partial charge in [-0.05, 0) is 25.3 Å². The molecule has 1 saturated heterocycles. The topological polar surface area (TPSA) is 35.5 Å². The van der Waals surface area contributed by atoms with Crippen LogP contribution in [0.4, 0.5) is 0 Å². The van der Waals surface area contributed by atoms with Crippen molar-refractivity contribution >= 4 is 5.78 Å². The Hall–Kier alpha value is -1.35. The maximum Gasteiger partial charge on any atom is 0.146 e. The van der Waals surface area contributed by atoms with Crippen LogP contribution in [0, 0.1) is 5.92 Å². The predicted octanol–water partition coefficient (Wildman–Crippen LogP) is 2.94. The number of carbonyl (C=O) groups excluding carboxylic acids is 1. The zero-order valence-electron chi connectivity index (χ0n) is 11.3. The highest BCUT2D eigenvalue weighted by molar-refractivity contribution is 5.89. The monoisotopic (exact) mass is 260 g/mol. The largest absolute Gasteiger partial charge is 0.493 e. The molecule has 2 aliphatic rings.